The number of carbonyl (C=O) groups is 1. The van der Waals surface area contributed by atoms with Crippen molar-refractivity contribution in [2.24, 2.45) is 0 Å². The number of nitrogens with zero attached hydrogens (tertiary/aromatic N) is 3. The summed E-state index contributed by atoms with van der Waals surface area (Å²) in [7, 11) is -3.88. The van der Waals surface area contributed by atoms with E-state index in [-0.39, 0.29) is 28.7 Å². The second kappa shape index (κ2) is 10.5. The molecule has 0 spiro atoms. The Kier molecular flexibility index (Phi) is 7.14. The molecule has 1 aliphatic heterocycles. The Bertz CT molecular complexity index is 1550. The maximum atomic E-state index is 13.3. The Labute approximate surface area is 222 Å². The number of fused-ring (bicyclic) bond motifs is 1. The van der Waals surface area contributed by atoms with Crippen LogP contribution < -0.4 is 4.72 Å². The van der Waals surface area contributed by atoms with Gasteiger partial charge in [0, 0.05) is 54.6 Å². The molecule has 1 saturated heterocycles. The van der Waals surface area contributed by atoms with Crippen molar-refractivity contribution in [2.45, 2.75) is 30.8 Å². The summed E-state index contributed by atoms with van der Waals surface area (Å²) >= 11 is 0. The number of anilines is 1. The van der Waals surface area contributed by atoms with Gasteiger partial charge in [0.25, 0.3) is 15.9 Å². The fourth-order valence-corrected chi connectivity index (χ4v) is 6.18. The van der Waals surface area contributed by atoms with E-state index in [1.165, 1.54) is 18.2 Å². The standard InChI is InChI=1S/C29H29FN4O3S/c1-20-19-33(21(2)22-8-12-25(30)13-9-22)17-18-34(20)29(35)24-10-14-26(15-11-24)32-38(36,37)27-7-3-5-23-6-4-16-31-28(23)27/h3-16,20-21,32H,17-19H2,1-2H3/t20-,21?/m0/s1. The lowest BCUT2D eigenvalue weighted by molar-refractivity contribution is 0.0406. The fourth-order valence-electron chi connectivity index (χ4n) is 4.94. The summed E-state index contributed by atoms with van der Waals surface area (Å²) in [5.41, 5.74) is 2.29. The van der Waals surface area contributed by atoms with E-state index in [2.05, 4.69) is 21.5 Å². The number of nitrogens with one attached hydrogen (secondary N) is 1. The van der Waals surface area contributed by atoms with E-state index in [1.807, 2.05) is 24.0 Å². The van der Waals surface area contributed by atoms with Crippen LogP contribution in [0.15, 0.2) is 90.0 Å². The molecule has 1 fully saturated rings. The quantitative estimate of drug-likeness (QED) is 0.374. The number of pyridine rings is 1. The van der Waals surface area contributed by atoms with Crippen LogP contribution in [0.4, 0.5) is 10.1 Å². The number of para-hydroxylation sites is 1. The van der Waals surface area contributed by atoms with Gasteiger partial charge in [-0.25, -0.2) is 12.8 Å². The van der Waals surface area contributed by atoms with Crippen LogP contribution in [0.25, 0.3) is 10.9 Å². The van der Waals surface area contributed by atoms with Crippen molar-refractivity contribution < 1.29 is 17.6 Å². The largest absolute Gasteiger partial charge is 0.333 e. The first-order chi connectivity index (χ1) is 18.2. The molecule has 1 aromatic heterocycles. The molecular formula is C29H29FN4O3S. The highest BCUT2D eigenvalue weighted by molar-refractivity contribution is 7.93. The second-order valence-corrected chi connectivity index (χ2v) is 11.2. The number of aromatic nitrogens is 1. The van der Waals surface area contributed by atoms with E-state index in [0.717, 1.165) is 10.9 Å². The van der Waals surface area contributed by atoms with Gasteiger partial charge in [-0.3, -0.25) is 19.4 Å². The highest BCUT2D eigenvalue weighted by Gasteiger charge is 2.30. The molecule has 0 radical (unpaired) electrons. The second-order valence-electron chi connectivity index (χ2n) is 9.58. The molecule has 38 heavy (non-hydrogen) atoms. The third-order valence-corrected chi connectivity index (χ3v) is 8.50. The van der Waals surface area contributed by atoms with E-state index in [4.69, 9.17) is 0 Å². The van der Waals surface area contributed by atoms with Crippen LogP contribution in [-0.2, 0) is 10.0 Å². The third kappa shape index (κ3) is 5.25. The zero-order chi connectivity index (χ0) is 26.9. The molecular weight excluding hydrogens is 503 g/mol. The SMILES string of the molecule is CC(c1ccc(F)cc1)N1CCN(C(=O)c2ccc(NS(=O)(=O)c3cccc4cccnc34)cc2)[C@@H](C)C1. The molecule has 1 N–H and O–H groups in total. The minimum absolute atomic E-state index is 0.0174. The van der Waals surface area contributed by atoms with Gasteiger partial charge in [0.1, 0.15) is 10.7 Å². The summed E-state index contributed by atoms with van der Waals surface area (Å²) in [5, 5.41) is 0.734. The monoisotopic (exact) mass is 532 g/mol. The highest BCUT2D eigenvalue weighted by atomic mass is 32.2. The maximum Gasteiger partial charge on any atom is 0.264 e. The fraction of sp³-hybridized carbons (Fsp3) is 0.241. The third-order valence-electron chi connectivity index (χ3n) is 7.09. The molecule has 196 valence electrons. The van der Waals surface area contributed by atoms with Gasteiger partial charge in [-0.15, -0.1) is 0 Å². The van der Waals surface area contributed by atoms with Crippen molar-refractivity contribution in [3.05, 3.63) is 102 Å². The van der Waals surface area contributed by atoms with Crippen molar-refractivity contribution in [2.75, 3.05) is 24.4 Å². The summed E-state index contributed by atoms with van der Waals surface area (Å²) in [6.07, 6.45) is 1.56. The summed E-state index contributed by atoms with van der Waals surface area (Å²) in [5.74, 6) is -0.353. The lowest BCUT2D eigenvalue weighted by atomic mass is 10.0. The van der Waals surface area contributed by atoms with Gasteiger partial charge < -0.3 is 4.90 Å². The van der Waals surface area contributed by atoms with Crippen molar-refractivity contribution in [1.29, 1.82) is 0 Å². The highest BCUT2D eigenvalue weighted by Crippen LogP contribution is 2.26. The number of hydrogen-bond donors (Lipinski definition) is 1. The number of hydrogen-bond acceptors (Lipinski definition) is 5. The molecule has 0 aliphatic carbocycles. The molecule has 2 heterocycles. The Morgan fingerprint density at radius 3 is 2.42 bits per heavy atom. The molecule has 5 rings (SSSR count). The van der Waals surface area contributed by atoms with Gasteiger partial charge in [0.2, 0.25) is 0 Å². The van der Waals surface area contributed by atoms with E-state index in [0.29, 0.717) is 36.4 Å². The van der Waals surface area contributed by atoms with Crippen LogP contribution >= 0.6 is 0 Å². The van der Waals surface area contributed by atoms with E-state index < -0.39 is 10.0 Å². The Hall–Kier alpha value is -3.82. The summed E-state index contributed by atoms with van der Waals surface area (Å²) in [6, 6.07) is 21.7. The van der Waals surface area contributed by atoms with Gasteiger partial charge in [-0.2, -0.15) is 0 Å². The first kappa shape index (κ1) is 25.8. The van der Waals surface area contributed by atoms with Crippen molar-refractivity contribution in [3.63, 3.8) is 0 Å². The smallest absolute Gasteiger partial charge is 0.264 e. The zero-order valence-corrected chi connectivity index (χ0v) is 22.0. The van der Waals surface area contributed by atoms with Gasteiger partial charge in [0.15, 0.2) is 0 Å². The topological polar surface area (TPSA) is 82.6 Å². The van der Waals surface area contributed by atoms with Gasteiger partial charge in [-0.1, -0.05) is 30.3 Å². The molecule has 7 nitrogen and oxygen atoms in total. The molecule has 3 aromatic carbocycles. The minimum Gasteiger partial charge on any atom is -0.333 e. The summed E-state index contributed by atoms with van der Waals surface area (Å²) < 4.78 is 42.1. The number of amides is 1. The molecule has 1 amide bonds. The Morgan fingerprint density at radius 1 is 1.00 bits per heavy atom. The van der Waals surface area contributed by atoms with Crippen LogP contribution in [-0.4, -0.2) is 54.8 Å². The normalized spacial score (nSPS) is 17.3. The van der Waals surface area contributed by atoms with E-state index in [1.54, 1.807) is 54.7 Å². The number of piperazine rings is 1. The Balaban J connectivity index is 1.25. The number of benzene rings is 3. The van der Waals surface area contributed by atoms with Crippen LogP contribution in [0.2, 0.25) is 0 Å². The summed E-state index contributed by atoms with van der Waals surface area (Å²) in [6.45, 7) is 6.06. The molecule has 1 aliphatic rings. The predicted molar refractivity (Wildman–Crippen MR) is 146 cm³/mol. The van der Waals surface area contributed by atoms with Crippen LogP contribution in [0.5, 0.6) is 0 Å². The number of carbonyl (C=O) groups excluding carboxylic acids is 1. The molecule has 0 saturated carbocycles. The summed E-state index contributed by atoms with van der Waals surface area (Å²) in [4.78, 5) is 21.7. The minimum atomic E-state index is -3.88. The lowest BCUT2D eigenvalue weighted by Gasteiger charge is -2.42. The zero-order valence-electron chi connectivity index (χ0n) is 21.2. The first-order valence-electron chi connectivity index (χ1n) is 12.5. The van der Waals surface area contributed by atoms with Crippen molar-refractivity contribution in [1.82, 2.24) is 14.8 Å². The predicted octanol–water partition coefficient (Wildman–Crippen LogP) is 5.08. The van der Waals surface area contributed by atoms with Crippen LogP contribution in [0.1, 0.15) is 35.8 Å². The van der Waals surface area contributed by atoms with Crippen molar-refractivity contribution in [3.8, 4) is 0 Å². The average Bonchev–Trinajstić information content (AvgIpc) is 2.92. The van der Waals surface area contributed by atoms with Crippen LogP contribution in [0, 0.1) is 5.82 Å². The molecule has 1 unspecified atom stereocenters. The van der Waals surface area contributed by atoms with E-state index in [9.17, 15) is 17.6 Å². The number of rotatable bonds is 6. The average molecular weight is 533 g/mol. The Morgan fingerprint density at radius 2 is 1.71 bits per heavy atom. The number of sulfonamides is 1. The maximum absolute atomic E-state index is 13.3. The van der Waals surface area contributed by atoms with Gasteiger partial charge in [-0.05, 0) is 67.9 Å². The molecule has 2 atom stereocenters. The van der Waals surface area contributed by atoms with Gasteiger partial charge >= 0.3 is 0 Å². The molecule has 0 bridgehead atoms. The molecule has 4 aromatic rings. The van der Waals surface area contributed by atoms with Crippen LogP contribution in [0.3, 0.4) is 0 Å². The number of halogens is 1. The van der Waals surface area contributed by atoms with Crippen molar-refractivity contribution >= 4 is 32.5 Å². The first-order valence-corrected chi connectivity index (χ1v) is 14.0. The van der Waals surface area contributed by atoms with Gasteiger partial charge in [0.05, 0.1) is 5.52 Å². The van der Waals surface area contributed by atoms with E-state index >= 15 is 0 Å². The molecule has 9 heteroatoms. The lowest BCUT2D eigenvalue weighted by Crippen LogP contribution is -2.54.